The molecule has 0 radical (unpaired) electrons. The van der Waals surface area contributed by atoms with E-state index in [2.05, 4.69) is 15.4 Å². The van der Waals surface area contributed by atoms with Crippen LogP contribution in [0.5, 0.6) is 0 Å². The zero-order valence-electron chi connectivity index (χ0n) is 9.82. The molecule has 2 aromatic carbocycles. The third-order valence-electron chi connectivity index (χ3n) is 2.49. The molecular formula is C13H9N5O. The lowest BCUT2D eigenvalue weighted by Crippen LogP contribution is -2.11. The van der Waals surface area contributed by atoms with Crippen LogP contribution in [0.15, 0.2) is 53.6 Å². The SMILES string of the molecule is N#[N+]c1ccc(NC(=O)c2ccc(N=[N-])cc2)cc1. The number of carbonyl (C=O) groups is 1. The highest BCUT2D eigenvalue weighted by atomic mass is 16.1. The molecule has 0 unspecified atom stereocenters. The van der Waals surface area contributed by atoms with Gasteiger partial charge >= 0.3 is 5.69 Å². The van der Waals surface area contributed by atoms with Crippen LogP contribution < -0.4 is 5.32 Å². The van der Waals surface area contributed by atoms with Crippen LogP contribution >= 0.6 is 0 Å². The number of carbonyl (C=O) groups excluding carboxylic acids is 1. The maximum Gasteiger partial charge on any atom is 0.385 e. The van der Waals surface area contributed by atoms with Crippen LogP contribution in [-0.2, 0) is 0 Å². The van der Waals surface area contributed by atoms with E-state index in [1.807, 2.05) is 0 Å². The fraction of sp³-hybridized carbons (Fsp3) is 0. The number of nitrogens with one attached hydrogen (secondary N) is 1. The molecule has 0 fully saturated rings. The molecule has 0 aliphatic carbocycles. The van der Waals surface area contributed by atoms with Gasteiger partial charge in [0.25, 0.3) is 5.91 Å². The molecule has 2 rings (SSSR count). The van der Waals surface area contributed by atoms with Gasteiger partial charge in [0.15, 0.2) is 4.98 Å². The largest absolute Gasteiger partial charge is 0.706 e. The van der Waals surface area contributed by atoms with E-state index in [0.717, 1.165) is 0 Å². The molecule has 1 N–H and O–H groups in total. The van der Waals surface area contributed by atoms with Crippen LogP contribution in [0.4, 0.5) is 17.1 Å². The number of nitrogens with zero attached hydrogens (tertiary/aromatic N) is 4. The number of benzene rings is 2. The maximum atomic E-state index is 11.9. The topological polar surface area (TPSA) is 91.9 Å². The normalized spacial score (nSPS) is 9.42. The summed E-state index contributed by atoms with van der Waals surface area (Å²) in [6.45, 7) is 0. The molecule has 6 nitrogen and oxygen atoms in total. The standard InChI is InChI=1S/C13H9N5O/c14-17-11-3-1-9(2-4-11)13(19)16-10-5-7-12(18-15)8-6-10/h1-8H,(H,16,19). The molecule has 0 heterocycles. The number of hydrogen-bond donors (Lipinski definition) is 1. The molecule has 2 aromatic rings. The summed E-state index contributed by atoms with van der Waals surface area (Å²) in [4.78, 5) is 14.9. The molecule has 0 aliphatic rings. The zero-order valence-corrected chi connectivity index (χ0v) is 9.82. The highest BCUT2D eigenvalue weighted by molar-refractivity contribution is 6.04. The second kappa shape index (κ2) is 5.51. The second-order valence-corrected chi connectivity index (χ2v) is 3.75. The van der Waals surface area contributed by atoms with Gasteiger partial charge in [0, 0.05) is 29.1 Å². The van der Waals surface area contributed by atoms with Crippen LogP contribution in [0, 0.1) is 5.39 Å². The minimum atomic E-state index is -0.279. The molecule has 1 amide bonds. The van der Waals surface area contributed by atoms with E-state index < -0.39 is 0 Å². The third-order valence-corrected chi connectivity index (χ3v) is 2.49. The van der Waals surface area contributed by atoms with E-state index in [0.29, 0.717) is 22.6 Å². The molecule has 0 saturated heterocycles. The highest BCUT2D eigenvalue weighted by Crippen LogP contribution is 2.17. The predicted octanol–water partition coefficient (Wildman–Crippen LogP) is 4.08. The van der Waals surface area contributed by atoms with Crippen molar-refractivity contribution in [2.24, 2.45) is 5.11 Å². The summed E-state index contributed by atoms with van der Waals surface area (Å²) in [7, 11) is 0. The fourth-order valence-electron chi connectivity index (χ4n) is 1.49. The smallest absolute Gasteiger partial charge is 0.385 e. The average Bonchev–Trinajstić information content (AvgIpc) is 2.48. The second-order valence-electron chi connectivity index (χ2n) is 3.75. The first-order valence-electron chi connectivity index (χ1n) is 5.44. The van der Waals surface area contributed by atoms with E-state index in [1.165, 1.54) is 12.1 Å². The molecule has 0 spiro atoms. The van der Waals surface area contributed by atoms with Gasteiger partial charge in [-0.15, -0.1) is 0 Å². The first kappa shape index (κ1) is 12.4. The third kappa shape index (κ3) is 2.98. The Morgan fingerprint density at radius 3 is 2.26 bits per heavy atom. The van der Waals surface area contributed by atoms with Crippen molar-refractivity contribution in [3.63, 3.8) is 0 Å². The average molecular weight is 251 g/mol. The highest BCUT2D eigenvalue weighted by Gasteiger charge is 2.07. The minimum absolute atomic E-state index is 0.279. The molecule has 0 aromatic heterocycles. The Bertz CT molecular complexity index is 640. The number of hydrogen-bond acceptors (Lipinski definition) is 3. The monoisotopic (exact) mass is 251 g/mol. The van der Waals surface area contributed by atoms with Gasteiger partial charge in [-0.1, -0.05) is 0 Å². The molecule has 92 valence electrons. The molecule has 19 heavy (non-hydrogen) atoms. The van der Waals surface area contributed by atoms with E-state index in [4.69, 9.17) is 10.9 Å². The minimum Gasteiger partial charge on any atom is -0.706 e. The summed E-state index contributed by atoms with van der Waals surface area (Å²) >= 11 is 0. The van der Waals surface area contributed by atoms with Crippen LogP contribution in [0.3, 0.4) is 0 Å². The van der Waals surface area contributed by atoms with Crippen molar-refractivity contribution in [3.05, 3.63) is 64.6 Å². The van der Waals surface area contributed by atoms with Gasteiger partial charge in [-0.05, 0) is 36.4 Å². The molecule has 0 bridgehead atoms. The van der Waals surface area contributed by atoms with Gasteiger partial charge in [0.1, 0.15) is 0 Å². The van der Waals surface area contributed by atoms with E-state index in [-0.39, 0.29) is 5.91 Å². The van der Waals surface area contributed by atoms with Crippen LogP contribution in [-0.4, -0.2) is 5.91 Å². The van der Waals surface area contributed by atoms with Crippen molar-refractivity contribution >= 4 is 23.0 Å². The van der Waals surface area contributed by atoms with Crippen LogP contribution in [0.1, 0.15) is 10.4 Å². The van der Waals surface area contributed by atoms with Crippen LogP contribution in [0.2, 0.25) is 0 Å². The fourth-order valence-corrected chi connectivity index (χ4v) is 1.49. The summed E-state index contributed by atoms with van der Waals surface area (Å²) < 4.78 is 0. The summed E-state index contributed by atoms with van der Waals surface area (Å²) in [6.07, 6.45) is 0. The molecule has 0 atom stereocenters. The first-order valence-corrected chi connectivity index (χ1v) is 5.44. The molecule has 0 saturated carbocycles. The number of anilines is 1. The Balaban J connectivity index is 2.11. The number of rotatable bonds is 3. The summed E-state index contributed by atoms with van der Waals surface area (Å²) in [5, 5.41) is 14.2. The molecule has 6 heteroatoms. The van der Waals surface area contributed by atoms with Crippen molar-refractivity contribution in [3.8, 4) is 0 Å². The Hall–Kier alpha value is -3.07. The van der Waals surface area contributed by atoms with Gasteiger partial charge in [0.05, 0.1) is 0 Å². The summed E-state index contributed by atoms with van der Waals surface area (Å²) in [5.74, 6) is -0.279. The van der Waals surface area contributed by atoms with Gasteiger partial charge in [-0.2, -0.15) is 0 Å². The molecular weight excluding hydrogens is 242 g/mol. The summed E-state index contributed by atoms with van der Waals surface area (Å²) in [6, 6.07) is 12.6. The Morgan fingerprint density at radius 1 is 1.11 bits per heavy atom. The van der Waals surface area contributed by atoms with Crippen molar-refractivity contribution in [1.29, 1.82) is 5.39 Å². The quantitative estimate of drug-likeness (QED) is 0.657. The zero-order chi connectivity index (χ0) is 13.7. The van der Waals surface area contributed by atoms with Gasteiger partial charge in [-0.25, -0.2) is 0 Å². The maximum absolute atomic E-state index is 11.9. The van der Waals surface area contributed by atoms with Gasteiger partial charge in [0.2, 0.25) is 5.39 Å². The van der Waals surface area contributed by atoms with Crippen molar-refractivity contribution in [2.75, 3.05) is 5.32 Å². The molecule has 0 aliphatic heterocycles. The number of diazo groups is 1. The Labute approximate surface area is 109 Å². The number of amides is 1. The lowest BCUT2D eigenvalue weighted by Gasteiger charge is -2.05. The van der Waals surface area contributed by atoms with E-state index >= 15 is 0 Å². The van der Waals surface area contributed by atoms with Gasteiger partial charge in [-0.3, -0.25) is 4.79 Å². The Morgan fingerprint density at radius 2 is 1.74 bits per heavy atom. The Kier molecular flexibility index (Phi) is 3.59. The summed E-state index contributed by atoms with van der Waals surface area (Å²) in [5.41, 5.74) is 10.4. The van der Waals surface area contributed by atoms with Crippen molar-refractivity contribution in [2.45, 2.75) is 0 Å². The van der Waals surface area contributed by atoms with Crippen LogP contribution in [0.25, 0.3) is 10.5 Å². The lowest BCUT2D eigenvalue weighted by molar-refractivity contribution is 0.102. The van der Waals surface area contributed by atoms with E-state index in [1.54, 1.807) is 36.4 Å². The lowest BCUT2D eigenvalue weighted by atomic mass is 10.2. The van der Waals surface area contributed by atoms with Gasteiger partial charge < -0.3 is 16.0 Å². The van der Waals surface area contributed by atoms with E-state index in [9.17, 15) is 4.79 Å². The van der Waals surface area contributed by atoms with Crippen molar-refractivity contribution in [1.82, 2.24) is 0 Å². The first-order chi connectivity index (χ1) is 9.22. The van der Waals surface area contributed by atoms with Crippen molar-refractivity contribution < 1.29 is 4.79 Å². The predicted molar refractivity (Wildman–Crippen MR) is 71.0 cm³/mol.